The second-order valence-electron chi connectivity index (χ2n) is 6.77. The van der Waals surface area contributed by atoms with Crippen LogP contribution in [-0.2, 0) is 0 Å². The van der Waals surface area contributed by atoms with E-state index in [4.69, 9.17) is 11.6 Å². The Morgan fingerprint density at radius 1 is 1.26 bits per heavy atom. The molecule has 7 nitrogen and oxygen atoms in total. The van der Waals surface area contributed by atoms with E-state index >= 15 is 0 Å². The molecule has 9 heteroatoms. The fourth-order valence-corrected chi connectivity index (χ4v) is 4.40. The van der Waals surface area contributed by atoms with Gasteiger partial charge in [-0.15, -0.1) is 11.3 Å². The van der Waals surface area contributed by atoms with Crippen molar-refractivity contribution in [3.05, 3.63) is 92.7 Å². The van der Waals surface area contributed by atoms with E-state index in [1.165, 1.54) is 29.5 Å². The third-order valence-corrected chi connectivity index (χ3v) is 6.04. The number of allylic oxidation sites excluding steroid dienone is 1. The fourth-order valence-electron chi connectivity index (χ4n) is 3.49. The van der Waals surface area contributed by atoms with Crippen molar-refractivity contribution >= 4 is 56.3 Å². The molecule has 0 saturated heterocycles. The zero-order chi connectivity index (χ0) is 21.5. The van der Waals surface area contributed by atoms with Crippen LogP contribution < -0.4 is 0 Å². The molecule has 5 rings (SSSR count). The van der Waals surface area contributed by atoms with Crippen molar-refractivity contribution in [1.82, 2.24) is 14.4 Å². The maximum absolute atomic E-state index is 12.9. The minimum absolute atomic E-state index is 0.0568. The molecule has 3 aromatic heterocycles. The Morgan fingerprint density at radius 2 is 2.10 bits per heavy atom. The largest absolute Gasteiger partial charge is 0.360 e. The highest BCUT2D eigenvalue weighted by Crippen LogP contribution is 2.33. The van der Waals surface area contributed by atoms with Crippen LogP contribution in [0, 0.1) is 10.1 Å². The van der Waals surface area contributed by atoms with Gasteiger partial charge >= 0.3 is 0 Å². The average molecular weight is 449 g/mol. The van der Waals surface area contributed by atoms with E-state index in [0.29, 0.717) is 27.5 Å². The lowest BCUT2D eigenvalue weighted by Gasteiger charge is -2.02. The number of thiazole rings is 1. The number of para-hydroxylation sites is 1. The van der Waals surface area contributed by atoms with E-state index in [2.05, 4.69) is 9.97 Å². The first-order chi connectivity index (χ1) is 15.0. The Kier molecular flexibility index (Phi) is 4.65. The summed E-state index contributed by atoms with van der Waals surface area (Å²) in [5, 5.41) is 14.1. The van der Waals surface area contributed by atoms with Crippen molar-refractivity contribution in [2.24, 2.45) is 0 Å². The molecule has 2 aromatic carbocycles. The van der Waals surface area contributed by atoms with Crippen LogP contribution in [0.1, 0.15) is 16.1 Å². The molecule has 1 N–H and O–H groups in total. The number of ketones is 1. The molecule has 0 spiro atoms. The Balaban J connectivity index is 1.59. The zero-order valence-electron chi connectivity index (χ0n) is 15.8. The van der Waals surface area contributed by atoms with Crippen molar-refractivity contribution in [2.45, 2.75) is 0 Å². The number of halogens is 1. The smallest absolute Gasteiger partial charge is 0.288 e. The zero-order valence-corrected chi connectivity index (χ0v) is 17.4. The van der Waals surface area contributed by atoms with Gasteiger partial charge in [0.2, 0.25) is 0 Å². The molecule has 3 heterocycles. The Morgan fingerprint density at radius 3 is 2.94 bits per heavy atom. The topological polar surface area (TPSA) is 93.3 Å². The Labute approximate surface area is 184 Å². The number of hydrogen-bond acceptors (Lipinski definition) is 5. The summed E-state index contributed by atoms with van der Waals surface area (Å²) in [6.07, 6.45) is 6.71. The summed E-state index contributed by atoms with van der Waals surface area (Å²) < 4.78 is 1.85. The lowest BCUT2D eigenvalue weighted by Crippen LogP contribution is -1.94. The van der Waals surface area contributed by atoms with Crippen molar-refractivity contribution in [3.8, 4) is 11.3 Å². The number of fused-ring (bicyclic) bond motifs is 2. The first kappa shape index (κ1) is 19.2. The van der Waals surface area contributed by atoms with E-state index in [-0.39, 0.29) is 16.5 Å². The van der Waals surface area contributed by atoms with Gasteiger partial charge in [-0.3, -0.25) is 19.3 Å². The predicted molar refractivity (Wildman–Crippen MR) is 122 cm³/mol. The maximum atomic E-state index is 12.9. The van der Waals surface area contributed by atoms with E-state index in [9.17, 15) is 14.9 Å². The SMILES string of the molecule is O=C(C=Cc1c(-c2ccc(Cl)c([N+](=O)[O-])c2)nc2sccn12)c1c[nH]c2ccccc12. The monoisotopic (exact) mass is 448 g/mol. The fraction of sp³-hybridized carbons (Fsp3) is 0. The highest BCUT2D eigenvalue weighted by atomic mass is 35.5. The van der Waals surface area contributed by atoms with Crippen molar-refractivity contribution < 1.29 is 9.72 Å². The van der Waals surface area contributed by atoms with Gasteiger partial charge in [0.15, 0.2) is 10.7 Å². The molecule has 152 valence electrons. The normalized spacial score (nSPS) is 11.6. The van der Waals surface area contributed by atoms with E-state index < -0.39 is 4.92 Å². The molecule has 0 saturated carbocycles. The number of hydrogen-bond donors (Lipinski definition) is 1. The molecular formula is C22H13ClN4O3S. The third kappa shape index (κ3) is 3.31. The molecule has 0 aliphatic carbocycles. The molecule has 0 aliphatic rings. The van der Waals surface area contributed by atoms with Crippen LogP contribution in [0.25, 0.3) is 33.2 Å². The molecular weight excluding hydrogens is 436 g/mol. The van der Waals surface area contributed by atoms with E-state index in [0.717, 1.165) is 10.9 Å². The van der Waals surface area contributed by atoms with Crippen molar-refractivity contribution in [2.75, 3.05) is 0 Å². The van der Waals surface area contributed by atoms with E-state index in [1.807, 2.05) is 40.2 Å². The summed E-state index contributed by atoms with van der Waals surface area (Å²) in [5.74, 6) is -0.157. The first-order valence-corrected chi connectivity index (χ1v) is 10.5. The van der Waals surface area contributed by atoms with Gasteiger partial charge in [0, 0.05) is 45.9 Å². The summed E-state index contributed by atoms with van der Waals surface area (Å²) >= 11 is 7.39. The third-order valence-electron chi connectivity index (χ3n) is 4.96. The van der Waals surface area contributed by atoms with Gasteiger partial charge < -0.3 is 4.98 Å². The van der Waals surface area contributed by atoms with Crippen LogP contribution in [0.2, 0.25) is 5.02 Å². The summed E-state index contributed by atoms with van der Waals surface area (Å²) in [7, 11) is 0. The maximum Gasteiger partial charge on any atom is 0.288 e. The lowest BCUT2D eigenvalue weighted by atomic mass is 10.1. The number of aromatic nitrogens is 3. The van der Waals surface area contributed by atoms with Crippen LogP contribution in [-0.4, -0.2) is 25.1 Å². The highest BCUT2D eigenvalue weighted by Gasteiger charge is 2.19. The average Bonchev–Trinajstić information content (AvgIpc) is 3.47. The summed E-state index contributed by atoms with van der Waals surface area (Å²) in [6, 6.07) is 12.1. The number of benzene rings is 2. The van der Waals surface area contributed by atoms with Crippen LogP contribution >= 0.6 is 22.9 Å². The summed E-state index contributed by atoms with van der Waals surface area (Å²) in [5.41, 5.74) is 3.00. The number of H-pyrrole nitrogens is 1. The molecule has 0 fully saturated rings. The lowest BCUT2D eigenvalue weighted by molar-refractivity contribution is -0.384. The highest BCUT2D eigenvalue weighted by molar-refractivity contribution is 7.15. The number of carbonyl (C=O) groups is 1. The minimum Gasteiger partial charge on any atom is -0.360 e. The minimum atomic E-state index is -0.527. The van der Waals surface area contributed by atoms with Gasteiger partial charge in [0.25, 0.3) is 5.69 Å². The molecule has 0 unspecified atom stereocenters. The number of nitrogens with zero attached hydrogens (tertiary/aromatic N) is 3. The number of rotatable bonds is 5. The van der Waals surface area contributed by atoms with E-state index in [1.54, 1.807) is 18.3 Å². The van der Waals surface area contributed by atoms with Gasteiger partial charge in [0.1, 0.15) is 5.02 Å². The van der Waals surface area contributed by atoms with Crippen LogP contribution in [0.4, 0.5) is 5.69 Å². The molecule has 0 aliphatic heterocycles. The number of aromatic amines is 1. The second kappa shape index (κ2) is 7.50. The van der Waals surface area contributed by atoms with Crippen LogP contribution in [0.15, 0.2) is 66.3 Å². The molecule has 0 bridgehead atoms. The van der Waals surface area contributed by atoms with Crippen molar-refractivity contribution in [1.29, 1.82) is 0 Å². The van der Waals surface area contributed by atoms with Gasteiger partial charge in [-0.2, -0.15) is 0 Å². The second-order valence-corrected chi connectivity index (χ2v) is 8.05. The predicted octanol–water partition coefficient (Wildman–Crippen LogP) is 6.00. The molecule has 0 radical (unpaired) electrons. The number of nitro benzene ring substituents is 1. The Hall–Kier alpha value is -3.75. The van der Waals surface area contributed by atoms with Crippen LogP contribution in [0.5, 0.6) is 0 Å². The summed E-state index contributed by atoms with van der Waals surface area (Å²) in [4.78, 5) is 32.1. The standard InChI is InChI=1S/C22H13ClN4O3S/c23-16-6-5-13(11-19(16)27(29)30)21-18(26-9-10-31-22(26)25-21)7-8-20(28)15-12-24-17-4-2-1-3-14(15)17/h1-12,24H. The first-order valence-electron chi connectivity index (χ1n) is 9.21. The Bertz CT molecular complexity index is 1510. The number of nitrogens with one attached hydrogen (secondary N) is 1. The number of nitro groups is 1. The molecule has 0 atom stereocenters. The number of carbonyl (C=O) groups excluding carboxylic acids is 1. The molecule has 31 heavy (non-hydrogen) atoms. The summed E-state index contributed by atoms with van der Waals surface area (Å²) in [6.45, 7) is 0. The molecule has 0 amide bonds. The van der Waals surface area contributed by atoms with Gasteiger partial charge in [-0.1, -0.05) is 35.9 Å². The molecule has 5 aromatic rings. The van der Waals surface area contributed by atoms with Gasteiger partial charge in [0.05, 0.1) is 16.3 Å². The van der Waals surface area contributed by atoms with Gasteiger partial charge in [-0.05, 0) is 24.3 Å². The van der Waals surface area contributed by atoms with Crippen molar-refractivity contribution in [3.63, 3.8) is 0 Å². The van der Waals surface area contributed by atoms with Crippen LogP contribution in [0.3, 0.4) is 0 Å². The number of imidazole rings is 1. The quantitative estimate of drug-likeness (QED) is 0.154. The van der Waals surface area contributed by atoms with Gasteiger partial charge in [-0.25, -0.2) is 4.98 Å².